The average Bonchev–Trinajstić information content (AvgIpc) is 2.20. The van der Waals surface area contributed by atoms with Crippen molar-refractivity contribution in [1.82, 2.24) is 0 Å². The molecule has 0 radical (unpaired) electrons. The summed E-state index contributed by atoms with van der Waals surface area (Å²) in [5, 5.41) is 0. The maximum absolute atomic E-state index is 2.50. The molecule has 76 valence electrons. The van der Waals surface area contributed by atoms with Crippen molar-refractivity contribution in [2.24, 2.45) is 17.8 Å². The van der Waals surface area contributed by atoms with Crippen LogP contribution in [0.15, 0.2) is 0 Å². The number of rotatable bonds is 1. The van der Waals surface area contributed by atoms with Crippen molar-refractivity contribution >= 4 is 0 Å². The van der Waals surface area contributed by atoms with Gasteiger partial charge >= 0.3 is 0 Å². The van der Waals surface area contributed by atoms with Crippen LogP contribution in [0, 0.1) is 17.8 Å². The molecule has 2 rings (SSSR count). The van der Waals surface area contributed by atoms with Crippen LogP contribution >= 0.6 is 0 Å². The molecule has 0 saturated heterocycles. The van der Waals surface area contributed by atoms with E-state index in [0.717, 1.165) is 17.8 Å². The highest BCUT2D eigenvalue weighted by atomic mass is 14.3. The van der Waals surface area contributed by atoms with Gasteiger partial charge in [0.2, 0.25) is 0 Å². The average molecular weight is 180 g/mol. The summed E-state index contributed by atoms with van der Waals surface area (Å²) in [4.78, 5) is 0. The van der Waals surface area contributed by atoms with E-state index in [1.807, 2.05) is 0 Å². The first-order valence-corrected chi connectivity index (χ1v) is 6.38. The van der Waals surface area contributed by atoms with E-state index in [9.17, 15) is 0 Å². The van der Waals surface area contributed by atoms with Gasteiger partial charge in [-0.15, -0.1) is 0 Å². The SMILES string of the molecule is CC1CCCCC1C1CCCCC1. The normalized spacial score (nSPS) is 37.6. The molecule has 0 aromatic carbocycles. The molecule has 0 heterocycles. The van der Waals surface area contributed by atoms with Crippen molar-refractivity contribution in [3.8, 4) is 0 Å². The van der Waals surface area contributed by atoms with E-state index >= 15 is 0 Å². The van der Waals surface area contributed by atoms with Gasteiger partial charge in [0, 0.05) is 0 Å². The van der Waals surface area contributed by atoms with Gasteiger partial charge < -0.3 is 0 Å². The fraction of sp³-hybridized carbons (Fsp3) is 1.00. The third-order valence-electron chi connectivity index (χ3n) is 4.43. The molecule has 0 amide bonds. The molecule has 2 aliphatic rings. The van der Waals surface area contributed by atoms with Crippen molar-refractivity contribution in [3.05, 3.63) is 0 Å². The largest absolute Gasteiger partial charge is 0.0622 e. The lowest BCUT2D eigenvalue weighted by Gasteiger charge is -2.37. The Bertz CT molecular complexity index is 144. The molecule has 0 aliphatic heterocycles. The molecule has 0 N–H and O–H groups in total. The van der Waals surface area contributed by atoms with E-state index in [4.69, 9.17) is 0 Å². The minimum atomic E-state index is 1.04. The van der Waals surface area contributed by atoms with Gasteiger partial charge in [-0.25, -0.2) is 0 Å². The predicted octanol–water partition coefficient (Wildman–Crippen LogP) is 4.39. The Morgan fingerprint density at radius 3 is 2.00 bits per heavy atom. The summed E-state index contributed by atoms with van der Waals surface area (Å²) >= 11 is 0. The van der Waals surface area contributed by atoms with Gasteiger partial charge in [-0.2, -0.15) is 0 Å². The lowest BCUT2D eigenvalue weighted by Crippen LogP contribution is -2.26. The van der Waals surface area contributed by atoms with Crippen molar-refractivity contribution in [2.75, 3.05) is 0 Å². The van der Waals surface area contributed by atoms with Crippen molar-refractivity contribution in [1.29, 1.82) is 0 Å². The number of hydrogen-bond acceptors (Lipinski definition) is 0. The van der Waals surface area contributed by atoms with E-state index < -0.39 is 0 Å². The van der Waals surface area contributed by atoms with E-state index in [2.05, 4.69) is 6.92 Å². The first-order valence-electron chi connectivity index (χ1n) is 6.38. The third-order valence-corrected chi connectivity index (χ3v) is 4.43. The van der Waals surface area contributed by atoms with Gasteiger partial charge in [-0.3, -0.25) is 0 Å². The van der Waals surface area contributed by atoms with Gasteiger partial charge in [0.1, 0.15) is 0 Å². The molecular formula is C13H24. The zero-order valence-electron chi connectivity index (χ0n) is 9.10. The lowest BCUT2D eigenvalue weighted by molar-refractivity contribution is 0.140. The van der Waals surface area contributed by atoms with Crippen LogP contribution < -0.4 is 0 Å². The Hall–Kier alpha value is 0. The monoisotopic (exact) mass is 180 g/mol. The van der Waals surface area contributed by atoms with Gasteiger partial charge in [-0.05, 0) is 24.2 Å². The highest BCUT2D eigenvalue weighted by Gasteiger charge is 2.29. The topological polar surface area (TPSA) is 0 Å². The van der Waals surface area contributed by atoms with E-state index in [1.165, 1.54) is 38.5 Å². The van der Waals surface area contributed by atoms with E-state index in [-0.39, 0.29) is 0 Å². The summed E-state index contributed by atoms with van der Waals surface area (Å²) < 4.78 is 0. The fourth-order valence-electron chi connectivity index (χ4n) is 3.61. The number of hydrogen-bond donors (Lipinski definition) is 0. The fourth-order valence-corrected chi connectivity index (χ4v) is 3.61. The van der Waals surface area contributed by atoms with Gasteiger partial charge in [-0.1, -0.05) is 58.3 Å². The lowest BCUT2D eigenvalue weighted by atomic mass is 9.69. The van der Waals surface area contributed by atoms with Crippen molar-refractivity contribution < 1.29 is 0 Å². The minimum absolute atomic E-state index is 1.04. The predicted molar refractivity (Wildman–Crippen MR) is 57.7 cm³/mol. The highest BCUT2D eigenvalue weighted by molar-refractivity contribution is 4.80. The molecule has 2 aliphatic carbocycles. The molecule has 0 bridgehead atoms. The first kappa shape index (κ1) is 9.55. The highest BCUT2D eigenvalue weighted by Crippen LogP contribution is 2.41. The second-order valence-corrected chi connectivity index (χ2v) is 5.32. The Morgan fingerprint density at radius 2 is 1.31 bits per heavy atom. The summed E-state index contributed by atoms with van der Waals surface area (Å²) in [6.45, 7) is 2.50. The molecule has 0 nitrogen and oxygen atoms in total. The molecule has 13 heavy (non-hydrogen) atoms. The van der Waals surface area contributed by atoms with Gasteiger partial charge in [0.15, 0.2) is 0 Å². The molecule has 0 aromatic rings. The Labute approximate surface area is 83.1 Å². The van der Waals surface area contributed by atoms with Crippen LogP contribution in [-0.2, 0) is 0 Å². The maximum Gasteiger partial charge on any atom is -0.0360 e. The van der Waals surface area contributed by atoms with Crippen molar-refractivity contribution in [3.63, 3.8) is 0 Å². The van der Waals surface area contributed by atoms with Gasteiger partial charge in [0.25, 0.3) is 0 Å². The molecule has 0 spiro atoms. The Morgan fingerprint density at radius 1 is 0.692 bits per heavy atom. The third kappa shape index (κ3) is 2.27. The molecule has 0 aromatic heterocycles. The smallest absolute Gasteiger partial charge is 0.0360 e. The van der Waals surface area contributed by atoms with Crippen LogP contribution in [0.25, 0.3) is 0 Å². The summed E-state index contributed by atoms with van der Waals surface area (Å²) in [7, 11) is 0. The summed E-state index contributed by atoms with van der Waals surface area (Å²) in [6, 6.07) is 0. The van der Waals surface area contributed by atoms with Crippen LogP contribution in [0.2, 0.25) is 0 Å². The summed E-state index contributed by atoms with van der Waals surface area (Å²) in [5.74, 6) is 3.26. The molecule has 2 fully saturated rings. The van der Waals surface area contributed by atoms with E-state index in [1.54, 1.807) is 19.3 Å². The zero-order valence-corrected chi connectivity index (χ0v) is 9.10. The van der Waals surface area contributed by atoms with Crippen LogP contribution in [-0.4, -0.2) is 0 Å². The van der Waals surface area contributed by atoms with Crippen LogP contribution in [0.5, 0.6) is 0 Å². The second-order valence-electron chi connectivity index (χ2n) is 5.32. The van der Waals surface area contributed by atoms with Crippen LogP contribution in [0.1, 0.15) is 64.7 Å². The van der Waals surface area contributed by atoms with Crippen LogP contribution in [0.4, 0.5) is 0 Å². The molecular weight excluding hydrogens is 156 g/mol. The van der Waals surface area contributed by atoms with Crippen LogP contribution in [0.3, 0.4) is 0 Å². The molecule has 0 heteroatoms. The molecule has 2 unspecified atom stereocenters. The first-order chi connectivity index (χ1) is 6.38. The summed E-state index contributed by atoms with van der Waals surface area (Å²) in [6.07, 6.45) is 13.7. The standard InChI is InChI=1S/C13H24/c1-11-7-5-6-10-13(11)12-8-3-2-4-9-12/h11-13H,2-10H2,1H3. The second kappa shape index (κ2) is 4.48. The minimum Gasteiger partial charge on any atom is -0.0622 e. The molecule has 2 atom stereocenters. The zero-order chi connectivity index (χ0) is 9.10. The summed E-state index contributed by atoms with van der Waals surface area (Å²) in [5.41, 5.74) is 0. The Balaban J connectivity index is 1.88. The van der Waals surface area contributed by atoms with E-state index in [0.29, 0.717) is 0 Å². The quantitative estimate of drug-likeness (QED) is 0.561. The molecule has 2 saturated carbocycles. The maximum atomic E-state index is 2.50. The van der Waals surface area contributed by atoms with Gasteiger partial charge in [0.05, 0.1) is 0 Å². The van der Waals surface area contributed by atoms with Crippen molar-refractivity contribution in [2.45, 2.75) is 64.7 Å². The Kier molecular flexibility index (Phi) is 3.29.